The third-order valence-corrected chi connectivity index (χ3v) is 3.58. The summed E-state index contributed by atoms with van der Waals surface area (Å²) in [7, 11) is 0. The van der Waals surface area contributed by atoms with Gasteiger partial charge in [0.2, 0.25) is 0 Å². The second-order valence-electron chi connectivity index (χ2n) is 4.59. The summed E-state index contributed by atoms with van der Waals surface area (Å²) in [5.41, 5.74) is 2.53. The van der Waals surface area contributed by atoms with Gasteiger partial charge in [-0.2, -0.15) is 0 Å². The number of nitrogens with zero attached hydrogens (tertiary/aromatic N) is 1. The summed E-state index contributed by atoms with van der Waals surface area (Å²) in [6.07, 6.45) is 3.09. The molecule has 16 heavy (non-hydrogen) atoms. The molecule has 2 aromatic rings. The van der Waals surface area contributed by atoms with Crippen LogP contribution in [0.25, 0.3) is 10.9 Å². The molecule has 1 N–H and O–H groups in total. The number of nitrogens with one attached hydrogen (secondary N) is 1. The third kappa shape index (κ3) is 1.59. The third-order valence-electron chi connectivity index (χ3n) is 3.58. The lowest BCUT2D eigenvalue weighted by Crippen LogP contribution is -2.21. The number of aromatic nitrogens is 1. The first-order valence-electron chi connectivity index (χ1n) is 5.93. The summed E-state index contributed by atoms with van der Waals surface area (Å²) in [6, 6.07) is 11.4. The molecule has 1 saturated heterocycles. The van der Waals surface area contributed by atoms with Crippen LogP contribution >= 0.6 is 0 Å². The molecule has 1 aliphatic rings. The monoisotopic (exact) mass is 212 g/mol. The van der Waals surface area contributed by atoms with Crippen molar-refractivity contribution in [3.63, 3.8) is 0 Å². The number of hydrogen-bond donors (Lipinski definition) is 1. The van der Waals surface area contributed by atoms with Crippen LogP contribution in [0.1, 0.15) is 24.8 Å². The van der Waals surface area contributed by atoms with Gasteiger partial charge >= 0.3 is 0 Å². The van der Waals surface area contributed by atoms with E-state index in [9.17, 15) is 0 Å². The van der Waals surface area contributed by atoms with Gasteiger partial charge in [0.1, 0.15) is 0 Å². The summed E-state index contributed by atoms with van der Waals surface area (Å²) in [4.78, 5) is 4.35. The maximum atomic E-state index is 4.35. The number of pyridine rings is 1. The average Bonchev–Trinajstić information content (AvgIpc) is 2.75. The van der Waals surface area contributed by atoms with Crippen LogP contribution in [-0.2, 0) is 0 Å². The Morgan fingerprint density at radius 1 is 1.31 bits per heavy atom. The Balaban J connectivity index is 2.04. The Hall–Kier alpha value is -1.41. The molecule has 2 atom stereocenters. The number of rotatable bonds is 1. The smallest absolute Gasteiger partial charge is 0.0702 e. The van der Waals surface area contributed by atoms with Crippen LogP contribution in [0, 0.1) is 0 Å². The molecule has 2 nitrogen and oxygen atoms in total. The van der Waals surface area contributed by atoms with Crippen LogP contribution in [0.5, 0.6) is 0 Å². The molecule has 82 valence electrons. The van der Waals surface area contributed by atoms with Crippen LogP contribution in [0.2, 0.25) is 0 Å². The lowest BCUT2D eigenvalue weighted by Gasteiger charge is -2.15. The molecule has 1 aliphatic heterocycles. The van der Waals surface area contributed by atoms with Crippen molar-refractivity contribution in [3.05, 3.63) is 42.1 Å². The fourth-order valence-electron chi connectivity index (χ4n) is 2.64. The quantitative estimate of drug-likeness (QED) is 0.786. The van der Waals surface area contributed by atoms with Crippen molar-refractivity contribution in [3.8, 4) is 0 Å². The molecule has 2 heterocycles. The van der Waals surface area contributed by atoms with E-state index in [1.165, 1.54) is 17.4 Å². The standard InChI is InChI=1S/C14H16N2/c1-10-13(6-8-15-10)11-4-5-14-12(9-11)3-2-7-16-14/h2-5,7,9-10,13,15H,6,8H2,1H3. The predicted molar refractivity (Wildman–Crippen MR) is 66.6 cm³/mol. The van der Waals surface area contributed by atoms with Crippen LogP contribution < -0.4 is 5.32 Å². The van der Waals surface area contributed by atoms with Crippen molar-refractivity contribution in [1.29, 1.82) is 0 Å². The molecule has 0 aliphatic carbocycles. The van der Waals surface area contributed by atoms with Crippen molar-refractivity contribution >= 4 is 10.9 Å². The first-order chi connectivity index (χ1) is 7.84. The summed E-state index contributed by atoms with van der Waals surface area (Å²) < 4.78 is 0. The van der Waals surface area contributed by atoms with E-state index in [2.05, 4.69) is 41.5 Å². The van der Waals surface area contributed by atoms with Gasteiger partial charge in [-0.3, -0.25) is 4.98 Å². The van der Waals surface area contributed by atoms with E-state index in [0.29, 0.717) is 12.0 Å². The lowest BCUT2D eigenvalue weighted by molar-refractivity contribution is 0.595. The van der Waals surface area contributed by atoms with Crippen LogP contribution in [0.15, 0.2) is 36.5 Å². The number of fused-ring (bicyclic) bond motifs is 1. The molecule has 3 rings (SSSR count). The van der Waals surface area contributed by atoms with E-state index >= 15 is 0 Å². The van der Waals surface area contributed by atoms with Gasteiger partial charge < -0.3 is 5.32 Å². The van der Waals surface area contributed by atoms with Gasteiger partial charge in [0, 0.05) is 23.5 Å². The van der Waals surface area contributed by atoms with Crippen molar-refractivity contribution in [1.82, 2.24) is 10.3 Å². The highest BCUT2D eigenvalue weighted by Gasteiger charge is 2.24. The molecule has 1 aromatic heterocycles. The van der Waals surface area contributed by atoms with Gasteiger partial charge in [0.05, 0.1) is 5.52 Å². The van der Waals surface area contributed by atoms with Gasteiger partial charge in [-0.25, -0.2) is 0 Å². The topological polar surface area (TPSA) is 24.9 Å². The summed E-state index contributed by atoms with van der Waals surface area (Å²) in [5.74, 6) is 0.657. The highest BCUT2D eigenvalue weighted by molar-refractivity contribution is 5.79. The minimum absolute atomic E-state index is 0.592. The molecule has 2 unspecified atom stereocenters. The second-order valence-corrected chi connectivity index (χ2v) is 4.59. The zero-order valence-corrected chi connectivity index (χ0v) is 9.48. The van der Waals surface area contributed by atoms with Crippen molar-refractivity contribution < 1.29 is 0 Å². The van der Waals surface area contributed by atoms with Gasteiger partial charge in [-0.1, -0.05) is 12.1 Å². The molecule has 0 spiro atoms. The van der Waals surface area contributed by atoms with E-state index in [1.54, 1.807) is 0 Å². The fraction of sp³-hybridized carbons (Fsp3) is 0.357. The molecule has 1 fully saturated rings. The Morgan fingerprint density at radius 3 is 3.06 bits per heavy atom. The van der Waals surface area contributed by atoms with Crippen molar-refractivity contribution in [2.75, 3.05) is 6.54 Å². The number of benzene rings is 1. The van der Waals surface area contributed by atoms with Crippen LogP contribution in [0.3, 0.4) is 0 Å². The first-order valence-corrected chi connectivity index (χ1v) is 5.93. The molecule has 0 saturated carbocycles. The van der Waals surface area contributed by atoms with Crippen LogP contribution in [0.4, 0.5) is 0 Å². The summed E-state index contributed by atoms with van der Waals surface area (Å²) >= 11 is 0. The Bertz CT molecular complexity index is 507. The Kier molecular flexibility index (Phi) is 2.37. The van der Waals surface area contributed by atoms with Crippen LogP contribution in [-0.4, -0.2) is 17.6 Å². The van der Waals surface area contributed by atoms with Gasteiger partial charge in [-0.15, -0.1) is 0 Å². The molecule has 0 bridgehead atoms. The summed E-state index contributed by atoms with van der Waals surface area (Å²) in [6.45, 7) is 3.40. The Labute approximate surface area is 95.7 Å². The van der Waals surface area contributed by atoms with E-state index in [0.717, 1.165) is 12.1 Å². The zero-order valence-electron chi connectivity index (χ0n) is 9.48. The molecule has 2 heteroatoms. The molecule has 0 amide bonds. The maximum absolute atomic E-state index is 4.35. The first kappa shape index (κ1) is 9.79. The highest BCUT2D eigenvalue weighted by atomic mass is 14.9. The molecular weight excluding hydrogens is 196 g/mol. The molecular formula is C14H16N2. The van der Waals surface area contributed by atoms with E-state index in [-0.39, 0.29) is 0 Å². The zero-order chi connectivity index (χ0) is 11.0. The minimum Gasteiger partial charge on any atom is -0.314 e. The predicted octanol–water partition coefficient (Wildman–Crippen LogP) is 2.70. The molecule has 1 aromatic carbocycles. The van der Waals surface area contributed by atoms with E-state index in [1.807, 2.05) is 12.3 Å². The normalized spacial score (nSPS) is 25.1. The highest BCUT2D eigenvalue weighted by Crippen LogP contribution is 2.29. The van der Waals surface area contributed by atoms with Crippen molar-refractivity contribution in [2.24, 2.45) is 0 Å². The number of hydrogen-bond acceptors (Lipinski definition) is 2. The SMILES string of the molecule is CC1NCCC1c1ccc2ncccc2c1. The second kappa shape index (κ2) is 3.87. The molecule has 0 radical (unpaired) electrons. The summed E-state index contributed by atoms with van der Waals surface area (Å²) in [5, 5.41) is 4.75. The fourth-order valence-corrected chi connectivity index (χ4v) is 2.64. The van der Waals surface area contributed by atoms with Gasteiger partial charge in [0.15, 0.2) is 0 Å². The lowest BCUT2D eigenvalue weighted by atomic mass is 9.92. The van der Waals surface area contributed by atoms with Crippen molar-refractivity contribution in [2.45, 2.75) is 25.3 Å². The van der Waals surface area contributed by atoms with E-state index < -0.39 is 0 Å². The Morgan fingerprint density at radius 2 is 2.25 bits per heavy atom. The largest absolute Gasteiger partial charge is 0.314 e. The van der Waals surface area contributed by atoms with Gasteiger partial charge in [0.25, 0.3) is 0 Å². The van der Waals surface area contributed by atoms with E-state index in [4.69, 9.17) is 0 Å². The average molecular weight is 212 g/mol. The van der Waals surface area contributed by atoms with Gasteiger partial charge in [-0.05, 0) is 43.7 Å². The minimum atomic E-state index is 0.592. The maximum Gasteiger partial charge on any atom is 0.0702 e.